The van der Waals surface area contributed by atoms with Crippen molar-refractivity contribution in [2.75, 3.05) is 17.2 Å². The van der Waals surface area contributed by atoms with Crippen LogP contribution in [0.3, 0.4) is 0 Å². The van der Waals surface area contributed by atoms with Gasteiger partial charge in [-0.15, -0.1) is 0 Å². The number of aromatic nitrogens is 2. The van der Waals surface area contributed by atoms with Crippen LogP contribution in [-0.4, -0.2) is 22.2 Å². The molecule has 1 aliphatic heterocycles. The summed E-state index contributed by atoms with van der Waals surface area (Å²) in [6.07, 6.45) is 4.52. The molecule has 2 aromatic heterocycles. The van der Waals surface area contributed by atoms with Crippen molar-refractivity contribution >= 4 is 17.4 Å². The highest BCUT2D eigenvalue weighted by Gasteiger charge is 2.22. The lowest BCUT2D eigenvalue weighted by Gasteiger charge is -2.17. The molecule has 134 valence electrons. The van der Waals surface area contributed by atoms with Crippen molar-refractivity contribution in [3.8, 4) is 0 Å². The number of carbonyl (C=O) groups is 1. The molecule has 1 aliphatic rings. The highest BCUT2D eigenvalue weighted by atomic mass is 16.4. The van der Waals surface area contributed by atoms with Crippen LogP contribution >= 0.6 is 0 Å². The van der Waals surface area contributed by atoms with Crippen LogP contribution in [-0.2, 0) is 6.54 Å². The molecule has 25 heavy (non-hydrogen) atoms. The molecular formula is C18H24N4O3. The fraction of sp³-hybridized carbons (Fsp3) is 0.500. The highest BCUT2D eigenvalue weighted by molar-refractivity contribution is 6.06. The van der Waals surface area contributed by atoms with Crippen LogP contribution in [0.5, 0.6) is 0 Å². The number of fused-ring (bicyclic) bond motifs is 1. The SMILES string of the molecule is CCCC(C)c1cc(C)c(C(=O)Nc2cnn3c2NCCC3)c(=O)o1. The zero-order valence-electron chi connectivity index (χ0n) is 14.9. The average Bonchev–Trinajstić information content (AvgIpc) is 2.97. The summed E-state index contributed by atoms with van der Waals surface area (Å²) in [4.78, 5) is 25.0. The van der Waals surface area contributed by atoms with Crippen molar-refractivity contribution in [3.63, 3.8) is 0 Å². The monoisotopic (exact) mass is 344 g/mol. The number of rotatable bonds is 5. The smallest absolute Gasteiger partial charge is 0.349 e. The molecule has 2 aromatic rings. The van der Waals surface area contributed by atoms with Crippen LogP contribution in [0.25, 0.3) is 0 Å². The van der Waals surface area contributed by atoms with E-state index in [0.29, 0.717) is 17.0 Å². The zero-order chi connectivity index (χ0) is 18.0. The topological polar surface area (TPSA) is 89.2 Å². The lowest BCUT2D eigenvalue weighted by molar-refractivity contribution is 0.102. The van der Waals surface area contributed by atoms with Crippen molar-refractivity contribution in [1.82, 2.24) is 9.78 Å². The summed E-state index contributed by atoms with van der Waals surface area (Å²) >= 11 is 0. The standard InChI is InChI=1S/C18H24N4O3/c1-4-6-11(2)14-9-12(3)15(18(24)25-14)17(23)21-13-10-20-22-8-5-7-19-16(13)22/h9-11,19H,4-8H2,1-3H3,(H,21,23). The van der Waals surface area contributed by atoms with E-state index < -0.39 is 11.5 Å². The molecule has 0 saturated heterocycles. The molecule has 2 N–H and O–H groups in total. The Kier molecular flexibility index (Phi) is 4.92. The Bertz CT molecular complexity index is 837. The summed E-state index contributed by atoms with van der Waals surface area (Å²) in [5.41, 5.74) is 0.653. The number of hydrogen-bond donors (Lipinski definition) is 2. The number of carbonyl (C=O) groups excluding carboxylic acids is 1. The summed E-state index contributed by atoms with van der Waals surface area (Å²) in [6, 6.07) is 1.79. The third kappa shape index (κ3) is 3.45. The third-order valence-corrected chi connectivity index (χ3v) is 4.53. The first-order valence-electron chi connectivity index (χ1n) is 8.77. The lowest BCUT2D eigenvalue weighted by atomic mass is 10.0. The van der Waals surface area contributed by atoms with Crippen LogP contribution in [0.1, 0.15) is 60.7 Å². The van der Waals surface area contributed by atoms with Gasteiger partial charge < -0.3 is 15.1 Å². The fourth-order valence-corrected chi connectivity index (χ4v) is 3.18. The van der Waals surface area contributed by atoms with E-state index >= 15 is 0 Å². The van der Waals surface area contributed by atoms with E-state index in [1.807, 2.05) is 11.6 Å². The van der Waals surface area contributed by atoms with Gasteiger partial charge in [0.25, 0.3) is 5.91 Å². The molecule has 7 nitrogen and oxygen atoms in total. The van der Waals surface area contributed by atoms with Gasteiger partial charge in [0.1, 0.15) is 22.8 Å². The quantitative estimate of drug-likeness (QED) is 0.870. The maximum Gasteiger partial charge on any atom is 0.349 e. The number of nitrogens with one attached hydrogen (secondary N) is 2. The van der Waals surface area contributed by atoms with Gasteiger partial charge in [0.2, 0.25) is 0 Å². The summed E-state index contributed by atoms with van der Waals surface area (Å²) < 4.78 is 7.21. The summed E-state index contributed by atoms with van der Waals surface area (Å²) in [6.45, 7) is 7.51. The Hall–Kier alpha value is -2.57. The second-order valence-electron chi connectivity index (χ2n) is 6.55. The summed E-state index contributed by atoms with van der Waals surface area (Å²) in [7, 11) is 0. The first-order valence-corrected chi connectivity index (χ1v) is 8.77. The van der Waals surface area contributed by atoms with Gasteiger partial charge in [-0.25, -0.2) is 9.48 Å². The van der Waals surface area contributed by atoms with Crippen molar-refractivity contribution in [1.29, 1.82) is 0 Å². The minimum Gasteiger partial charge on any atom is -0.427 e. The second-order valence-corrected chi connectivity index (χ2v) is 6.55. The second kappa shape index (κ2) is 7.13. The molecule has 0 fully saturated rings. The van der Waals surface area contributed by atoms with Gasteiger partial charge in [-0.3, -0.25) is 4.79 Å². The first kappa shape index (κ1) is 17.3. The van der Waals surface area contributed by atoms with Gasteiger partial charge in [-0.2, -0.15) is 5.10 Å². The number of aryl methyl sites for hydroxylation is 2. The number of nitrogens with zero attached hydrogens (tertiary/aromatic N) is 2. The van der Waals surface area contributed by atoms with E-state index in [4.69, 9.17) is 4.42 Å². The van der Waals surface area contributed by atoms with Gasteiger partial charge in [0.15, 0.2) is 0 Å². The molecule has 0 bridgehead atoms. The number of amides is 1. The molecule has 0 aromatic carbocycles. The maximum absolute atomic E-state index is 12.6. The molecular weight excluding hydrogens is 320 g/mol. The van der Waals surface area contributed by atoms with Crippen LogP contribution in [0.2, 0.25) is 0 Å². The summed E-state index contributed by atoms with van der Waals surface area (Å²) in [5.74, 6) is 1.09. The van der Waals surface area contributed by atoms with Crippen LogP contribution in [0.4, 0.5) is 11.5 Å². The van der Waals surface area contributed by atoms with E-state index in [-0.39, 0.29) is 11.5 Å². The normalized spacial score (nSPS) is 14.5. The van der Waals surface area contributed by atoms with Gasteiger partial charge in [0.05, 0.1) is 6.20 Å². The van der Waals surface area contributed by atoms with Gasteiger partial charge in [0, 0.05) is 19.0 Å². The molecule has 0 aliphatic carbocycles. The lowest BCUT2D eigenvalue weighted by Crippen LogP contribution is -2.24. The van der Waals surface area contributed by atoms with Crippen LogP contribution in [0.15, 0.2) is 21.5 Å². The number of anilines is 2. The van der Waals surface area contributed by atoms with Crippen molar-refractivity contribution < 1.29 is 9.21 Å². The Balaban J connectivity index is 1.85. The molecule has 0 radical (unpaired) electrons. The molecule has 1 atom stereocenters. The van der Waals surface area contributed by atoms with Crippen LogP contribution < -0.4 is 16.3 Å². The van der Waals surface area contributed by atoms with Gasteiger partial charge in [-0.1, -0.05) is 20.3 Å². The first-order chi connectivity index (χ1) is 12.0. The Morgan fingerprint density at radius 2 is 2.32 bits per heavy atom. The molecule has 3 rings (SSSR count). The largest absolute Gasteiger partial charge is 0.427 e. The Morgan fingerprint density at radius 3 is 3.04 bits per heavy atom. The molecule has 7 heteroatoms. The third-order valence-electron chi connectivity index (χ3n) is 4.53. The molecule has 1 unspecified atom stereocenters. The highest BCUT2D eigenvalue weighted by Crippen LogP contribution is 2.25. The molecule has 3 heterocycles. The van der Waals surface area contributed by atoms with Crippen LogP contribution in [0, 0.1) is 6.92 Å². The average molecular weight is 344 g/mol. The van der Waals surface area contributed by atoms with Crippen molar-refractivity contribution in [3.05, 3.63) is 39.6 Å². The van der Waals surface area contributed by atoms with E-state index in [1.54, 1.807) is 19.2 Å². The maximum atomic E-state index is 12.6. The Morgan fingerprint density at radius 1 is 1.52 bits per heavy atom. The summed E-state index contributed by atoms with van der Waals surface area (Å²) in [5, 5.41) is 10.2. The predicted molar refractivity (Wildman–Crippen MR) is 96.3 cm³/mol. The Labute approximate surface area is 146 Å². The van der Waals surface area contributed by atoms with Gasteiger partial charge >= 0.3 is 5.63 Å². The van der Waals surface area contributed by atoms with E-state index in [2.05, 4.69) is 22.7 Å². The minimum atomic E-state index is -0.593. The van der Waals surface area contributed by atoms with Gasteiger partial charge in [-0.05, 0) is 31.4 Å². The number of hydrogen-bond acceptors (Lipinski definition) is 5. The van der Waals surface area contributed by atoms with E-state index in [0.717, 1.165) is 38.2 Å². The molecule has 0 saturated carbocycles. The van der Waals surface area contributed by atoms with Crippen molar-refractivity contribution in [2.24, 2.45) is 0 Å². The van der Waals surface area contributed by atoms with E-state index in [9.17, 15) is 9.59 Å². The minimum absolute atomic E-state index is 0.0446. The zero-order valence-corrected chi connectivity index (χ0v) is 14.9. The molecule has 1 amide bonds. The van der Waals surface area contributed by atoms with Crippen molar-refractivity contribution in [2.45, 2.75) is 52.5 Å². The fourth-order valence-electron chi connectivity index (χ4n) is 3.18. The molecule has 0 spiro atoms. The van der Waals surface area contributed by atoms with E-state index in [1.165, 1.54) is 0 Å². The predicted octanol–water partition coefficient (Wildman–Crippen LogP) is 3.12.